The number of fused-ring (bicyclic) bond motifs is 3. The second-order valence-electron chi connectivity index (χ2n) is 12.0. The summed E-state index contributed by atoms with van der Waals surface area (Å²) in [6.45, 7) is 4.77. The highest BCUT2D eigenvalue weighted by Crippen LogP contribution is 2.54. The highest BCUT2D eigenvalue weighted by molar-refractivity contribution is 5.96. The molecule has 224 valence electrons. The zero-order valence-electron chi connectivity index (χ0n) is 24.6. The maximum atomic E-state index is 13.7. The summed E-state index contributed by atoms with van der Waals surface area (Å²) in [6.07, 6.45) is 2.21. The van der Waals surface area contributed by atoms with Crippen LogP contribution in [0, 0.1) is 13.8 Å². The van der Waals surface area contributed by atoms with E-state index < -0.39 is 24.3 Å². The van der Waals surface area contributed by atoms with Gasteiger partial charge in [0.2, 0.25) is 11.9 Å². The second-order valence-corrected chi connectivity index (χ2v) is 12.0. The summed E-state index contributed by atoms with van der Waals surface area (Å²) in [5.74, 6) is -0.516. The van der Waals surface area contributed by atoms with E-state index in [0.717, 1.165) is 35.3 Å². The van der Waals surface area contributed by atoms with Crippen molar-refractivity contribution in [1.29, 1.82) is 0 Å². The predicted octanol–water partition coefficient (Wildman–Crippen LogP) is 7.51. The van der Waals surface area contributed by atoms with Gasteiger partial charge in [-0.1, -0.05) is 35.4 Å². The molecule has 0 atom stereocenters. The van der Waals surface area contributed by atoms with Gasteiger partial charge >= 0.3 is 0 Å². The predicted molar refractivity (Wildman–Crippen MR) is 162 cm³/mol. The molecular formula is C32H31F2N9O. The Morgan fingerprint density at radius 2 is 1.89 bits per heavy atom. The molecule has 44 heavy (non-hydrogen) atoms. The fourth-order valence-corrected chi connectivity index (χ4v) is 6.38. The van der Waals surface area contributed by atoms with E-state index in [1.54, 1.807) is 23.9 Å². The van der Waals surface area contributed by atoms with Gasteiger partial charge < -0.3 is 10.1 Å². The fourth-order valence-electron chi connectivity index (χ4n) is 6.38. The van der Waals surface area contributed by atoms with Crippen LogP contribution in [0.5, 0.6) is 5.75 Å². The molecule has 10 nitrogen and oxygen atoms in total. The van der Waals surface area contributed by atoms with Gasteiger partial charge in [-0.2, -0.15) is 4.52 Å². The highest BCUT2D eigenvalue weighted by Gasteiger charge is 2.57. The Bertz CT molecular complexity index is 1940. The highest BCUT2D eigenvalue weighted by atomic mass is 19.3. The van der Waals surface area contributed by atoms with E-state index in [1.165, 1.54) is 11.1 Å². The summed E-state index contributed by atoms with van der Waals surface area (Å²) in [4.78, 5) is 17.3. The minimum absolute atomic E-state index is 0.134. The molecule has 2 aliphatic carbocycles. The molecule has 0 spiro atoms. The average molecular weight is 596 g/mol. The number of pyridine rings is 1. The summed E-state index contributed by atoms with van der Waals surface area (Å²) in [5.41, 5.74) is 14.2. The van der Waals surface area contributed by atoms with E-state index in [4.69, 9.17) is 25.3 Å². The number of rotatable bonds is 8. The van der Waals surface area contributed by atoms with E-state index in [0.29, 0.717) is 35.0 Å². The van der Waals surface area contributed by atoms with E-state index in [-0.39, 0.29) is 11.8 Å². The quantitative estimate of drug-likeness (QED) is 0.112. The number of hydrogen-bond donors (Lipinski definition) is 1. The van der Waals surface area contributed by atoms with Gasteiger partial charge in [0.05, 0.1) is 12.6 Å². The van der Waals surface area contributed by atoms with Crippen LogP contribution in [0.15, 0.2) is 59.8 Å². The van der Waals surface area contributed by atoms with Gasteiger partial charge in [0.15, 0.2) is 11.5 Å². The van der Waals surface area contributed by atoms with Gasteiger partial charge in [0.25, 0.3) is 0 Å². The molecule has 0 amide bonds. The Balaban J connectivity index is 1.14. The number of alkyl halides is 2. The number of azide groups is 1. The lowest BCUT2D eigenvalue weighted by molar-refractivity contribution is -0.124. The Labute approximate surface area is 252 Å². The molecule has 2 aromatic carbocycles. The van der Waals surface area contributed by atoms with Crippen LogP contribution in [0.2, 0.25) is 0 Å². The standard InChI is InChI=1S/C32H31F2N9O/c1-18-7-8-20(11-19(18)2)14-37-30-38-27-24(5-4-6-26(27)44-3)29-39-28(40-43(29)30)22-12-21(13-22)25-10-9-23(15-36-25)31(41-42-35)16-32(33,34)17-31/h4-11,15,21-22H,12-14,16-17H2,1-3H3,(H,37,38). The topological polar surface area (TPSA) is 126 Å². The van der Waals surface area contributed by atoms with Crippen LogP contribution in [0.4, 0.5) is 14.7 Å². The van der Waals surface area contributed by atoms with Crippen molar-refractivity contribution in [3.8, 4) is 5.75 Å². The number of nitrogens with one attached hydrogen (secondary N) is 1. The van der Waals surface area contributed by atoms with Crippen molar-refractivity contribution in [2.75, 3.05) is 12.4 Å². The third kappa shape index (κ3) is 4.75. The van der Waals surface area contributed by atoms with Gasteiger partial charge in [-0.25, -0.2) is 18.7 Å². The first-order valence-electron chi connectivity index (χ1n) is 14.6. The monoisotopic (exact) mass is 595 g/mol. The van der Waals surface area contributed by atoms with E-state index in [1.807, 2.05) is 24.3 Å². The molecule has 3 heterocycles. The SMILES string of the molecule is COc1cccc2c1nc(NCc1ccc(C)c(C)c1)n1nc(C3CC(c4ccc(C5(N=[N+]=[N-])CC(F)(F)C5)cn4)C3)nc21. The summed E-state index contributed by atoms with van der Waals surface area (Å²) in [6, 6.07) is 15.8. The number of aryl methyl sites for hydroxylation is 2. The van der Waals surface area contributed by atoms with Crippen molar-refractivity contribution >= 4 is 22.5 Å². The van der Waals surface area contributed by atoms with Gasteiger partial charge in [-0.3, -0.25) is 4.98 Å². The lowest BCUT2D eigenvalue weighted by Gasteiger charge is -2.44. The number of nitrogens with zero attached hydrogens (tertiary/aromatic N) is 8. The molecule has 7 rings (SSSR count). The molecule has 3 aromatic heterocycles. The van der Waals surface area contributed by atoms with Crippen molar-refractivity contribution in [3.05, 3.63) is 98.9 Å². The molecule has 2 fully saturated rings. The first-order chi connectivity index (χ1) is 21.2. The molecule has 2 aliphatic rings. The molecule has 0 unspecified atom stereocenters. The third-order valence-corrected chi connectivity index (χ3v) is 9.11. The number of para-hydroxylation sites is 1. The zero-order valence-corrected chi connectivity index (χ0v) is 24.6. The maximum Gasteiger partial charge on any atom is 0.250 e. The normalized spacial score (nSPS) is 20.0. The van der Waals surface area contributed by atoms with Crippen LogP contribution in [-0.2, 0) is 12.1 Å². The molecule has 2 saturated carbocycles. The van der Waals surface area contributed by atoms with Gasteiger partial charge in [-0.15, -0.1) is 5.10 Å². The average Bonchev–Trinajstić information content (AvgIpc) is 3.41. The molecule has 0 radical (unpaired) electrons. The molecule has 0 aliphatic heterocycles. The summed E-state index contributed by atoms with van der Waals surface area (Å²) < 4.78 is 34.7. The molecule has 0 saturated heterocycles. The lowest BCUT2D eigenvalue weighted by atomic mass is 9.69. The number of hydrogen-bond acceptors (Lipinski definition) is 7. The van der Waals surface area contributed by atoms with E-state index in [9.17, 15) is 8.78 Å². The smallest absolute Gasteiger partial charge is 0.250 e. The van der Waals surface area contributed by atoms with Gasteiger partial charge in [-0.05, 0) is 72.7 Å². The van der Waals surface area contributed by atoms with E-state index in [2.05, 4.69) is 52.4 Å². The van der Waals surface area contributed by atoms with Crippen LogP contribution in [0.3, 0.4) is 0 Å². The van der Waals surface area contributed by atoms with Crippen molar-refractivity contribution < 1.29 is 13.5 Å². The number of aromatic nitrogens is 5. The van der Waals surface area contributed by atoms with Crippen molar-refractivity contribution in [2.24, 2.45) is 5.11 Å². The van der Waals surface area contributed by atoms with Crippen molar-refractivity contribution in [2.45, 2.75) is 69.4 Å². The first kappa shape index (κ1) is 28.0. The molecule has 12 heteroatoms. The van der Waals surface area contributed by atoms with E-state index >= 15 is 0 Å². The summed E-state index contributed by atoms with van der Waals surface area (Å²) in [5, 5.41) is 12.9. The minimum Gasteiger partial charge on any atom is -0.494 e. The maximum absolute atomic E-state index is 13.7. The van der Waals surface area contributed by atoms with Crippen LogP contribution < -0.4 is 10.1 Å². The zero-order chi connectivity index (χ0) is 30.6. The number of halogens is 2. The molecule has 5 aromatic rings. The van der Waals surface area contributed by atoms with Gasteiger partial charge in [0, 0.05) is 53.4 Å². The van der Waals surface area contributed by atoms with Crippen LogP contribution in [-0.4, -0.2) is 37.6 Å². The molecule has 0 bridgehead atoms. The number of anilines is 1. The second kappa shape index (κ2) is 10.4. The minimum atomic E-state index is -2.82. The summed E-state index contributed by atoms with van der Waals surface area (Å²) in [7, 11) is 1.63. The first-order valence-corrected chi connectivity index (χ1v) is 14.6. The summed E-state index contributed by atoms with van der Waals surface area (Å²) >= 11 is 0. The Morgan fingerprint density at radius 3 is 2.57 bits per heavy atom. The van der Waals surface area contributed by atoms with Crippen LogP contribution in [0.1, 0.15) is 71.3 Å². The molecule has 1 N–H and O–H groups in total. The van der Waals surface area contributed by atoms with Gasteiger partial charge in [0.1, 0.15) is 11.3 Å². The number of benzene rings is 2. The van der Waals surface area contributed by atoms with Crippen LogP contribution in [0.25, 0.3) is 27.0 Å². The third-order valence-electron chi connectivity index (χ3n) is 9.11. The molecular weight excluding hydrogens is 564 g/mol. The number of methoxy groups -OCH3 is 1. The lowest BCUT2D eigenvalue weighted by Crippen LogP contribution is -2.47. The van der Waals surface area contributed by atoms with Crippen LogP contribution >= 0.6 is 0 Å². The fraction of sp³-hybridized carbons (Fsp3) is 0.375. The largest absolute Gasteiger partial charge is 0.494 e. The Morgan fingerprint density at radius 1 is 1.07 bits per heavy atom. The van der Waals surface area contributed by atoms with Crippen molar-refractivity contribution in [1.82, 2.24) is 24.6 Å². The number of ether oxygens (including phenoxy) is 1. The van der Waals surface area contributed by atoms with Crippen molar-refractivity contribution in [3.63, 3.8) is 0 Å². The Hall–Kier alpha value is -4.83. The Kier molecular flexibility index (Phi) is 6.62.